The lowest BCUT2D eigenvalue weighted by Crippen LogP contribution is -2.55. The maximum Gasteiger partial charge on any atom is 0.251 e. The highest BCUT2D eigenvalue weighted by Crippen LogP contribution is 2.17. The smallest absolute Gasteiger partial charge is 0.251 e. The standard InChI is InChI=1S/C18H32N4O3/c1-2-19-18(20-8-7-15-5-3-13-24-15)22-11-9-21(10-12-22)17(23)16-6-4-14-25-16/h15-16H,2-14H2,1H3,(H,19,20). The van der Waals surface area contributed by atoms with Crippen LogP contribution in [0.3, 0.4) is 0 Å². The van der Waals surface area contributed by atoms with Gasteiger partial charge in [0.05, 0.1) is 6.10 Å². The number of aliphatic imine (C=N–C) groups is 1. The molecule has 1 N–H and O–H groups in total. The molecule has 142 valence electrons. The predicted molar refractivity (Wildman–Crippen MR) is 96.7 cm³/mol. The number of rotatable bonds is 5. The number of hydrogen-bond acceptors (Lipinski definition) is 4. The molecule has 25 heavy (non-hydrogen) atoms. The second-order valence-corrected chi connectivity index (χ2v) is 6.97. The number of carbonyl (C=O) groups is 1. The maximum atomic E-state index is 12.4. The average molecular weight is 352 g/mol. The Morgan fingerprint density at radius 2 is 1.80 bits per heavy atom. The lowest BCUT2D eigenvalue weighted by molar-refractivity contribution is -0.142. The molecule has 3 fully saturated rings. The zero-order valence-electron chi connectivity index (χ0n) is 15.4. The first kappa shape index (κ1) is 18.5. The lowest BCUT2D eigenvalue weighted by Gasteiger charge is -2.37. The second-order valence-electron chi connectivity index (χ2n) is 6.97. The van der Waals surface area contributed by atoms with Gasteiger partial charge in [-0.1, -0.05) is 0 Å². The Balaban J connectivity index is 1.46. The van der Waals surface area contributed by atoms with Crippen LogP contribution >= 0.6 is 0 Å². The van der Waals surface area contributed by atoms with Crippen molar-refractivity contribution in [3.05, 3.63) is 0 Å². The van der Waals surface area contributed by atoms with E-state index in [1.807, 2.05) is 4.90 Å². The minimum Gasteiger partial charge on any atom is -0.378 e. The second kappa shape index (κ2) is 9.38. The summed E-state index contributed by atoms with van der Waals surface area (Å²) in [5, 5.41) is 3.38. The number of carbonyl (C=O) groups excluding carboxylic acids is 1. The summed E-state index contributed by atoms with van der Waals surface area (Å²) in [7, 11) is 0. The fraction of sp³-hybridized carbons (Fsp3) is 0.889. The van der Waals surface area contributed by atoms with Crippen molar-refractivity contribution in [2.24, 2.45) is 4.99 Å². The van der Waals surface area contributed by atoms with E-state index < -0.39 is 0 Å². The summed E-state index contributed by atoms with van der Waals surface area (Å²) in [6.07, 6.45) is 5.37. The van der Waals surface area contributed by atoms with Gasteiger partial charge in [-0.2, -0.15) is 0 Å². The van der Waals surface area contributed by atoms with Crippen molar-refractivity contribution in [3.8, 4) is 0 Å². The van der Waals surface area contributed by atoms with Crippen LogP contribution in [0.1, 0.15) is 39.0 Å². The van der Waals surface area contributed by atoms with Gasteiger partial charge in [-0.3, -0.25) is 9.79 Å². The summed E-state index contributed by atoms with van der Waals surface area (Å²) in [5.74, 6) is 1.13. The van der Waals surface area contributed by atoms with E-state index in [2.05, 4.69) is 17.1 Å². The van der Waals surface area contributed by atoms with Crippen LogP contribution in [0.15, 0.2) is 4.99 Å². The molecule has 1 amide bonds. The largest absolute Gasteiger partial charge is 0.378 e. The van der Waals surface area contributed by atoms with Crippen LogP contribution in [0, 0.1) is 0 Å². The first-order chi connectivity index (χ1) is 12.3. The summed E-state index contributed by atoms with van der Waals surface area (Å²) in [6, 6.07) is 0. The van der Waals surface area contributed by atoms with E-state index in [0.717, 1.165) is 84.1 Å². The fourth-order valence-electron chi connectivity index (χ4n) is 3.73. The van der Waals surface area contributed by atoms with Gasteiger partial charge in [0.2, 0.25) is 0 Å². The Morgan fingerprint density at radius 3 is 2.44 bits per heavy atom. The molecule has 2 unspecified atom stereocenters. The molecule has 3 saturated heterocycles. The molecule has 2 atom stereocenters. The summed E-state index contributed by atoms with van der Waals surface area (Å²) in [4.78, 5) is 21.4. The number of hydrogen-bond donors (Lipinski definition) is 1. The molecule has 0 aromatic carbocycles. The summed E-state index contributed by atoms with van der Waals surface area (Å²) < 4.78 is 11.2. The van der Waals surface area contributed by atoms with Crippen molar-refractivity contribution in [2.75, 3.05) is 52.5 Å². The number of ether oxygens (including phenoxy) is 2. The molecule has 0 aromatic rings. The predicted octanol–water partition coefficient (Wildman–Crippen LogP) is 0.844. The Hall–Kier alpha value is -1.34. The van der Waals surface area contributed by atoms with Crippen molar-refractivity contribution in [1.82, 2.24) is 15.1 Å². The average Bonchev–Trinajstić information content (AvgIpc) is 3.34. The molecule has 7 heteroatoms. The summed E-state index contributed by atoms with van der Waals surface area (Å²) >= 11 is 0. The quantitative estimate of drug-likeness (QED) is 0.587. The third kappa shape index (κ3) is 5.07. The molecule has 0 bridgehead atoms. The molecule has 0 radical (unpaired) electrons. The third-order valence-electron chi connectivity index (χ3n) is 5.17. The van der Waals surface area contributed by atoms with Crippen LogP contribution in [-0.4, -0.2) is 86.4 Å². The normalized spacial score (nSPS) is 27.8. The zero-order valence-corrected chi connectivity index (χ0v) is 15.4. The van der Waals surface area contributed by atoms with Crippen molar-refractivity contribution < 1.29 is 14.3 Å². The van der Waals surface area contributed by atoms with Crippen LogP contribution in [-0.2, 0) is 14.3 Å². The summed E-state index contributed by atoms with van der Waals surface area (Å²) in [6.45, 7) is 8.49. The summed E-state index contributed by atoms with van der Waals surface area (Å²) in [5.41, 5.74) is 0. The monoisotopic (exact) mass is 352 g/mol. The number of amides is 1. The van der Waals surface area contributed by atoms with E-state index in [1.165, 1.54) is 6.42 Å². The van der Waals surface area contributed by atoms with E-state index in [-0.39, 0.29) is 12.0 Å². The molecule has 0 aliphatic carbocycles. The highest BCUT2D eigenvalue weighted by atomic mass is 16.5. The topological polar surface area (TPSA) is 66.4 Å². The van der Waals surface area contributed by atoms with Crippen molar-refractivity contribution >= 4 is 11.9 Å². The maximum absolute atomic E-state index is 12.4. The highest BCUT2D eigenvalue weighted by Gasteiger charge is 2.30. The van der Waals surface area contributed by atoms with Gasteiger partial charge >= 0.3 is 0 Å². The Labute approximate surface area is 150 Å². The number of guanidine groups is 1. The molecule has 0 saturated carbocycles. The van der Waals surface area contributed by atoms with Gasteiger partial charge in [0.25, 0.3) is 5.91 Å². The molecule has 3 aliphatic rings. The highest BCUT2D eigenvalue weighted by molar-refractivity contribution is 5.82. The van der Waals surface area contributed by atoms with Gasteiger partial charge in [0, 0.05) is 52.5 Å². The molecular formula is C18H32N4O3. The minimum absolute atomic E-state index is 0.164. The van der Waals surface area contributed by atoms with Gasteiger partial charge in [0.1, 0.15) is 6.10 Å². The minimum atomic E-state index is -0.208. The van der Waals surface area contributed by atoms with Crippen molar-refractivity contribution in [2.45, 2.75) is 51.2 Å². The number of nitrogens with one attached hydrogen (secondary N) is 1. The third-order valence-corrected chi connectivity index (χ3v) is 5.17. The molecule has 3 rings (SSSR count). The van der Waals surface area contributed by atoms with E-state index in [1.54, 1.807) is 0 Å². The van der Waals surface area contributed by atoms with Crippen molar-refractivity contribution in [1.29, 1.82) is 0 Å². The van der Waals surface area contributed by atoms with Crippen LogP contribution in [0.4, 0.5) is 0 Å². The van der Waals surface area contributed by atoms with Crippen LogP contribution in [0.25, 0.3) is 0 Å². The Morgan fingerprint density at radius 1 is 1.08 bits per heavy atom. The zero-order chi connectivity index (χ0) is 17.5. The first-order valence-corrected chi connectivity index (χ1v) is 9.83. The molecule has 3 aliphatic heterocycles. The van der Waals surface area contributed by atoms with E-state index in [4.69, 9.17) is 14.5 Å². The van der Waals surface area contributed by atoms with E-state index in [0.29, 0.717) is 6.10 Å². The van der Waals surface area contributed by atoms with E-state index >= 15 is 0 Å². The van der Waals surface area contributed by atoms with Gasteiger partial charge < -0.3 is 24.6 Å². The van der Waals surface area contributed by atoms with Gasteiger partial charge in [-0.05, 0) is 39.0 Å². The van der Waals surface area contributed by atoms with E-state index in [9.17, 15) is 4.79 Å². The Kier molecular flexibility index (Phi) is 6.93. The Bertz CT molecular complexity index is 451. The number of nitrogens with zero attached hydrogens (tertiary/aromatic N) is 3. The van der Waals surface area contributed by atoms with Crippen LogP contribution in [0.2, 0.25) is 0 Å². The lowest BCUT2D eigenvalue weighted by atomic mass is 10.2. The molecule has 0 spiro atoms. The molecule has 7 nitrogen and oxygen atoms in total. The van der Waals surface area contributed by atoms with Crippen molar-refractivity contribution in [3.63, 3.8) is 0 Å². The molecular weight excluding hydrogens is 320 g/mol. The molecule has 3 heterocycles. The van der Waals surface area contributed by atoms with Gasteiger partial charge in [-0.15, -0.1) is 0 Å². The van der Waals surface area contributed by atoms with Gasteiger partial charge in [-0.25, -0.2) is 0 Å². The fourth-order valence-corrected chi connectivity index (χ4v) is 3.73. The number of piperazine rings is 1. The van der Waals surface area contributed by atoms with Crippen LogP contribution in [0.5, 0.6) is 0 Å². The SMILES string of the molecule is CCNC(=NCCC1CCCO1)N1CCN(C(=O)C2CCCO2)CC1. The molecule has 0 aromatic heterocycles. The van der Waals surface area contributed by atoms with Crippen LogP contribution < -0.4 is 5.32 Å². The van der Waals surface area contributed by atoms with Gasteiger partial charge in [0.15, 0.2) is 5.96 Å². The first-order valence-electron chi connectivity index (χ1n) is 9.83.